The number of benzene rings is 2. The number of amides is 1. The molecule has 6 heteroatoms. The van der Waals surface area contributed by atoms with Crippen LogP contribution >= 0.6 is 0 Å². The van der Waals surface area contributed by atoms with Gasteiger partial charge in [0.2, 0.25) is 0 Å². The standard InChI is InChI=1S/C20H19NO5/c1-12(15-9-8-14(24-2)11-18(15)25-3)21-19(22)16-10-13-6-4-5-7-17(13)26-20(16)23/h4-12H,1-3H3,(H,21,22). The second kappa shape index (κ2) is 7.31. The minimum atomic E-state index is -0.671. The molecule has 1 aromatic heterocycles. The van der Waals surface area contributed by atoms with Gasteiger partial charge in [-0.2, -0.15) is 0 Å². The number of hydrogen-bond donors (Lipinski definition) is 1. The molecule has 0 saturated heterocycles. The fourth-order valence-electron chi connectivity index (χ4n) is 2.75. The monoisotopic (exact) mass is 353 g/mol. The molecule has 134 valence electrons. The Morgan fingerprint density at radius 3 is 2.58 bits per heavy atom. The van der Waals surface area contributed by atoms with Gasteiger partial charge in [0.15, 0.2) is 0 Å². The van der Waals surface area contributed by atoms with Crippen molar-refractivity contribution in [3.8, 4) is 11.5 Å². The van der Waals surface area contributed by atoms with E-state index in [2.05, 4.69) is 5.32 Å². The highest BCUT2D eigenvalue weighted by Gasteiger charge is 2.19. The predicted molar refractivity (Wildman–Crippen MR) is 97.9 cm³/mol. The van der Waals surface area contributed by atoms with E-state index < -0.39 is 11.5 Å². The van der Waals surface area contributed by atoms with Gasteiger partial charge in [-0.15, -0.1) is 0 Å². The Hall–Kier alpha value is -3.28. The lowest BCUT2D eigenvalue weighted by molar-refractivity contribution is 0.0936. The lowest BCUT2D eigenvalue weighted by atomic mass is 10.1. The minimum absolute atomic E-state index is 0.0389. The summed E-state index contributed by atoms with van der Waals surface area (Å²) >= 11 is 0. The average molecular weight is 353 g/mol. The fraction of sp³-hybridized carbons (Fsp3) is 0.200. The van der Waals surface area contributed by atoms with Gasteiger partial charge in [0.25, 0.3) is 5.91 Å². The van der Waals surface area contributed by atoms with E-state index in [0.29, 0.717) is 22.5 Å². The first kappa shape index (κ1) is 17.5. The van der Waals surface area contributed by atoms with Crippen LogP contribution in [0.5, 0.6) is 11.5 Å². The van der Waals surface area contributed by atoms with Crippen LogP contribution in [0, 0.1) is 0 Å². The largest absolute Gasteiger partial charge is 0.497 e. The van der Waals surface area contributed by atoms with Crippen molar-refractivity contribution in [3.63, 3.8) is 0 Å². The number of ether oxygens (including phenoxy) is 2. The molecule has 1 unspecified atom stereocenters. The molecule has 3 aromatic rings. The van der Waals surface area contributed by atoms with Gasteiger partial charge in [-0.25, -0.2) is 4.79 Å². The van der Waals surface area contributed by atoms with Crippen LogP contribution in [-0.2, 0) is 0 Å². The van der Waals surface area contributed by atoms with Gasteiger partial charge in [0.1, 0.15) is 22.6 Å². The Bertz CT molecular complexity index is 1010. The van der Waals surface area contributed by atoms with Crippen LogP contribution in [-0.4, -0.2) is 20.1 Å². The van der Waals surface area contributed by atoms with Gasteiger partial charge in [-0.3, -0.25) is 4.79 Å². The number of fused-ring (bicyclic) bond motifs is 1. The summed E-state index contributed by atoms with van der Waals surface area (Å²) in [4.78, 5) is 24.7. The second-order valence-corrected chi connectivity index (χ2v) is 5.79. The van der Waals surface area contributed by atoms with Crippen LogP contribution in [0.3, 0.4) is 0 Å². The van der Waals surface area contributed by atoms with E-state index in [-0.39, 0.29) is 11.6 Å². The van der Waals surface area contributed by atoms with Crippen molar-refractivity contribution in [3.05, 3.63) is 70.1 Å². The molecule has 0 spiro atoms. The molecule has 0 aliphatic carbocycles. The number of rotatable bonds is 5. The zero-order chi connectivity index (χ0) is 18.7. The van der Waals surface area contributed by atoms with Crippen LogP contribution in [0.25, 0.3) is 11.0 Å². The van der Waals surface area contributed by atoms with Crippen molar-refractivity contribution in [1.29, 1.82) is 0 Å². The Labute approximate surface area is 150 Å². The maximum Gasteiger partial charge on any atom is 0.349 e. The quantitative estimate of drug-likeness (QED) is 0.712. The Balaban J connectivity index is 1.88. The molecule has 1 amide bonds. The molecule has 0 radical (unpaired) electrons. The van der Waals surface area contributed by atoms with Crippen LogP contribution in [0.1, 0.15) is 28.9 Å². The highest BCUT2D eigenvalue weighted by atomic mass is 16.5. The molecule has 0 aliphatic heterocycles. The SMILES string of the molecule is COc1ccc(C(C)NC(=O)c2cc3ccccc3oc2=O)c(OC)c1. The molecule has 0 fully saturated rings. The van der Waals surface area contributed by atoms with Crippen molar-refractivity contribution in [1.82, 2.24) is 5.32 Å². The molecule has 0 aliphatic rings. The average Bonchev–Trinajstić information content (AvgIpc) is 2.66. The molecule has 3 rings (SSSR count). The molecule has 1 heterocycles. The zero-order valence-electron chi connectivity index (χ0n) is 14.7. The molecular weight excluding hydrogens is 334 g/mol. The van der Waals surface area contributed by atoms with E-state index in [0.717, 1.165) is 5.56 Å². The lowest BCUT2D eigenvalue weighted by Gasteiger charge is -2.18. The number of methoxy groups -OCH3 is 2. The molecule has 1 N–H and O–H groups in total. The number of carbonyl (C=O) groups excluding carboxylic acids is 1. The number of para-hydroxylation sites is 1. The molecule has 6 nitrogen and oxygen atoms in total. The zero-order valence-corrected chi connectivity index (χ0v) is 14.7. The summed E-state index contributed by atoms with van der Waals surface area (Å²) in [6, 6.07) is 13.5. The topological polar surface area (TPSA) is 77.8 Å². The summed E-state index contributed by atoms with van der Waals surface area (Å²) in [5.41, 5.74) is 0.504. The van der Waals surface area contributed by atoms with Crippen LogP contribution in [0.15, 0.2) is 57.7 Å². The van der Waals surface area contributed by atoms with Crippen molar-refractivity contribution >= 4 is 16.9 Å². The van der Waals surface area contributed by atoms with Gasteiger partial charge < -0.3 is 19.2 Å². The lowest BCUT2D eigenvalue weighted by Crippen LogP contribution is -2.30. The Kier molecular flexibility index (Phi) is 4.93. The van der Waals surface area contributed by atoms with E-state index in [4.69, 9.17) is 13.9 Å². The van der Waals surface area contributed by atoms with E-state index >= 15 is 0 Å². The van der Waals surface area contributed by atoms with Gasteiger partial charge in [0.05, 0.1) is 20.3 Å². The highest BCUT2D eigenvalue weighted by Crippen LogP contribution is 2.29. The molecule has 0 bridgehead atoms. The van der Waals surface area contributed by atoms with Crippen LogP contribution in [0.4, 0.5) is 0 Å². The van der Waals surface area contributed by atoms with Crippen molar-refractivity contribution in [2.24, 2.45) is 0 Å². The first-order valence-corrected chi connectivity index (χ1v) is 8.09. The Morgan fingerprint density at radius 2 is 1.85 bits per heavy atom. The van der Waals surface area contributed by atoms with Gasteiger partial charge in [-0.1, -0.05) is 18.2 Å². The minimum Gasteiger partial charge on any atom is -0.497 e. The highest BCUT2D eigenvalue weighted by molar-refractivity contribution is 5.96. The second-order valence-electron chi connectivity index (χ2n) is 5.79. The predicted octanol–water partition coefficient (Wildman–Crippen LogP) is 3.30. The Morgan fingerprint density at radius 1 is 1.08 bits per heavy atom. The molecule has 0 saturated carbocycles. The van der Waals surface area contributed by atoms with Gasteiger partial charge in [0, 0.05) is 17.0 Å². The smallest absolute Gasteiger partial charge is 0.349 e. The number of nitrogens with one attached hydrogen (secondary N) is 1. The first-order valence-electron chi connectivity index (χ1n) is 8.09. The summed E-state index contributed by atoms with van der Waals surface area (Å²) < 4.78 is 15.8. The summed E-state index contributed by atoms with van der Waals surface area (Å²) in [7, 11) is 3.11. The summed E-state index contributed by atoms with van der Waals surface area (Å²) in [5, 5.41) is 3.50. The number of hydrogen-bond acceptors (Lipinski definition) is 5. The third kappa shape index (κ3) is 3.39. The van der Waals surface area contributed by atoms with Crippen LogP contribution in [0.2, 0.25) is 0 Å². The normalized spacial score (nSPS) is 11.8. The van der Waals surface area contributed by atoms with Crippen LogP contribution < -0.4 is 20.4 Å². The maximum absolute atomic E-state index is 12.6. The maximum atomic E-state index is 12.6. The van der Waals surface area contributed by atoms with Crippen molar-refractivity contribution < 1.29 is 18.7 Å². The molecule has 1 atom stereocenters. The van der Waals surface area contributed by atoms with Gasteiger partial charge in [-0.05, 0) is 31.2 Å². The van der Waals surface area contributed by atoms with E-state index in [1.165, 1.54) is 6.07 Å². The van der Waals surface area contributed by atoms with Crippen molar-refractivity contribution in [2.75, 3.05) is 14.2 Å². The first-order chi connectivity index (χ1) is 12.5. The third-order valence-electron chi connectivity index (χ3n) is 4.14. The molecule has 26 heavy (non-hydrogen) atoms. The summed E-state index contributed by atoms with van der Waals surface area (Å²) in [6.45, 7) is 1.81. The molecular formula is C20H19NO5. The summed E-state index contributed by atoms with van der Waals surface area (Å²) in [5.74, 6) is 0.733. The van der Waals surface area contributed by atoms with Gasteiger partial charge >= 0.3 is 5.63 Å². The van der Waals surface area contributed by atoms with E-state index in [1.54, 1.807) is 44.6 Å². The third-order valence-corrected chi connectivity index (χ3v) is 4.14. The van der Waals surface area contributed by atoms with E-state index in [1.807, 2.05) is 19.1 Å². The summed E-state index contributed by atoms with van der Waals surface area (Å²) in [6.07, 6.45) is 0. The van der Waals surface area contributed by atoms with Crippen molar-refractivity contribution in [2.45, 2.75) is 13.0 Å². The van der Waals surface area contributed by atoms with E-state index in [9.17, 15) is 9.59 Å². The number of carbonyl (C=O) groups is 1. The molecule has 2 aromatic carbocycles. The fourth-order valence-corrected chi connectivity index (χ4v) is 2.75.